The van der Waals surface area contributed by atoms with Gasteiger partial charge in [0.25, 0.3) is 0 Å². The molecule has 0 aromatic rings. The van der Waals surface area contributed by atoms with E-state index in [0.29, 0.717) is 10.5 Å². The standard InChI is InChI=1S/C10H22O2S/c1-3-9(5-7-11)13-10(4-2)6-8-12/h9-12H,3-8H2,1-2H3. The maximum Gasteiger partial charge on any atom is 0.0441 e. The SMILES string of the molecule is CCC(CCO)SC(CC)CCO. The maximum absolute atomic E-state index is 8.82. The minimum atomic E-state index is 0.279. The first-order chi connectivity index (χ1) is 6.28. The average molecular weight is 206 g/mol. The van der Waals surface area contributed by atoms with E-state index in [0.717, 1.165) is 25.7 Å². The van der Waals surface area contributed by atoms with Crippen LogP contribution in [-0.4, -0.2) is 33.9 Å². The molecule has 2 nitrogen and oxygen atoms in total. The van der Waals surface area contributed by atoms with Gasteiger partial charge in [0.15, 0.2) is 0 Å². The van der Waals surface area contributed by atoms with E-state index in [1.165, 1.54) is 0 Å². The second-order valence-electron chi connectivity index (χ2n) is 3.22. The first-order valence-corrected chi connectivity index (χ1v) is 6.09. The zero-order valence-corrected chi connectivity index (χ0v) is 9.52. The van der Waals surface area contributed by atoms with Crippen LogP contribution in [0, 0.1) is 0 Å². The van der Waals surface area contributed by atoms with Crippen molar-refractivity contribution in [3.63, 3.8) is 0 Å². The first kappa shape index (κ1) is 13.3. The van der Waals surface area contributed by atoms with Crippen LogP contribution >= 0.6 is 11.8 Å². The molecule has 0 rings (SSSR count). The van der Waals surface area contributed by atoms with Crippen molar-refractivity contribution in [1.29, 1.82) is 0 Å². The Balaban J connectivity index is 3.73. The monoisotopic (exact) mass is 206 g/mol. The summed E-state index contributed by atoms with van der Waals surface area (Å²) in [7, 11) is 0. The summed E-state index contributed by atoms with van der Waals surface area (Å²) < 4.78 is 0. The number of aliphatic hydroxyl groups excluding tert-OH is 2. The smallest absolute Gasteiger partial charge is 0.0441 e. The van der Waals surface area contributed by atoms with E-state index >= 15 is 0 Å². The molecule has 0 saturated heterocycles. The highest BCUT2D eigenvalue weighted by Gasteiger charge is 2.13. The minimum absolute atomic E-state index is 0.279. The molecule has 0 bridgehead atoms. The third kappa shape index (κ3) is 6.36. The molecule has 3 heteroatoms. The van der Waals surface area contributed by atoms with E-state index in [4.69, 9.17) is 10.2 Å². The summed E-state index contributed by atoms with van der Waals surface area (Å²) in [5.74, 6) is 0. The van der Waals surface area contributed by atoms with Crippen molar-refractivity contribution >= 4 is 11.8 Å². The predicted molar refractivity (Wildman–Crippen MR) is 59.2 cm³/mol. The zero-order chi connectivity index (χ0) is 10.1. The van der Waals surface area contributed by atoms with E-state index in [2.05, 4.69) is 13.8 Å². The fraction of sp³-hybridized carbons (Fsp3) is 1.00. The normalized spacial score (nSPS) is 15.7. The topological polar surface area (TPSA) is 40.5 Å². The third-order valence-electron chi connectivity index (χ3n) is 2.20. The van der Waals surface area contributed by atoms with Gasteiger partial charge in [-0.05, 0) is 25.7 Å². The molecule has 0 amide bonds. The van der Waals surface area contributed by atoms with Crippen molar-refractivity contribution < 1.29 is 10.2 Å². The third-order valence-corrected chi connectivity index (χ3v) is 4.11. The van der Waals surface area contributed by atoms with E-state index in [9.17, 15) is 0 Å². The van der Waals surface area contributed by atoms with Crippen molar-refractivity contribution in [3.8, 4) is 0 Å². The fourth-order valence-electron chi connectivity index (χ4n) is 1.30. The van der Waals surface area contributed by atoms with Crippen molar-refractivity contribution in [2.24, 2.45) is 0 Å². The molecule has 0 saturated carbocycles. The number of hydrogen-bond donors (Lipinski definition) is 2. The van der Waals surface area contributed by atoms with Gasteiger partial charge in [-0.1, -0.05) is 13.8 Å². The van der Waals surface area contributed by atoms with Gasteiger partial charge in [-0.25, -0.2) is 0 Å². The summed E-state index contributed by atoms with van der Waals surface area (Å²) in [4.78, 5) is 0. The van der Waals surface area contributed by atoms with Gasteiger partial charge in [0, 0.05) is 23.7 Å². The molecule has 2 N–H and O–H groups in total. The van der Waals surface area contributed by atoms with Crippen molar-refractivity contribution in [1.82, 2.24) is 0 Å². The molecule has 80 valence electrons. The lowest BCUT2D eigenvalue weighted by atomic mass is 10.2. The summed E-state index contributed by atoms with van der Waals surface area (Å²) in [6.07, 6.45) is 3.96. The van der Waals surface area contributed by atoms with Crippen LogP contribution in [-0.2, 0) is 0 Å². The van der Waals surface area contributed by atoms with E-state index in [-0.39, 0.29) is 13.2 Å². The molecule has 0 spiro atoms. The van der Waals surface area contributed by atoms with Crippen LogP contribution in [0.3, 0.4) is 0 Å². The van der Waals surface area contributed by atoms with Crippen molar-refractivity contribution in [2.45, 2.75) is 50.0 Å². The molecule has 0 aliphatic carbocycles. The van der Waals surface area contributed by atoms with Gasteiger partial charge in [0.2, 0.25) is 0 Å². The molecular weight excluding hydrogens is 184 g/mol. The van der Waals surface area contributed by atoms with Gasteiger partial charge in [-0.3, -0.25) is 0 Å². The van der Waals surface area contributed by atoms with Gasteiger partial charge in [-0.15, -0.1) is 0 Å². The van der Waals surface area contributed by atoms with E-state index in [1.54, 1.807) is 0 Å². The second-order valence-corrected chi connectivity index (χ2v) is 4.83. The minimum Gasteiger partial charge on any atom is -0.396 e. The van der Waals surface area contributed by atoms with Crippen molar-refractivity contribution in [3.05, 3.63) is 0 Å². The lowest BCUT2D eigenvalue weighted by Crippen LogP contribution is -2.12. The van der Waals surface area contributed by atoms with Crippen LogP contribution in [0.1, 0.15) is 39.5 Å². The highest BCUT2D eigenvalue weighted by Crippen LogP contribution is 2.26. The quantitative estimate of drug-likeness (QED) is 0.638. The van der Waals surface area contributed by atoms with E-state index < -0.39 is 0 Å². The Labute approximate surface area is 85.7 Å². The summed E-state index contributed by atoms with van der Waals surface area (Å²) in [6, 6.07) is 0. The molecule has 2 atom stereocenters. The summed E-state index contributed by atoms with van der Waals surface area (Å²) in [5, 5.41) is 18.8. The number of rotatable bonds is 8. The Bertz CT molecular complexity index is 97.1. The van der Waals surface area contributed by atoms with Crippen LogP contribution in [0.15, 0.2) is 0 Å². The molecule has 0 aliphatic heterocycles. The molecule has 0 heterocycles. The van der Waals surface area contributed by atoms with Gasteiger partial charge in [0.05, 0.1) is 0 Å². The van der Waals surface area contributed by atoms with Crippen LogP contribution in [0.4, 0.5) is 0 Å². The summed E-state index contributed by atoms with van der Waals surface area (Å²) in [5.41, 5.74) is 0. The average Bonchev–Trinajstić information content (AvgIpc) is 2.16. The Morgan fingerprint density at radius 2 is 1.31 bits per heavy atom. The van der Waals surface area contributed by atoms with Crippen LogP contribution in [0.2, 0.25) is 0 Å². The van der Waals surface area contributed by atoms with Gasteiger partial charge in [-0.2, -0.15) is 11.8 Å². The zero-order valence-electron chi connectivity index (χ0n) is 8.70. The maximum atomic E-state index is 8.82. The Morgan fingerprint density at radius 3 is 1.54 bits per heavy atom. The van der Waals surface area contributed by atoms with Crippen LogP contribution in [0.5, 0.6) is 0 Å². The molecule has 0 aromatic heterocycles. The van der Waals surface area contributed by atoms with Gasteiger partial charge in [0.1, 0.15) is 0 Å². The summed E-state index contributed by atoms with van der Waals surface area (Å²) >= 11 is 1.92. The van der Waals surface area contributed by atoms with Crippen molar-refractivity contribution in [2.75, 3.05) is 13.2 Å². The number of hydrogen-bond acceptors (Lipinski definition) is 3. The fourth-order valence-corrected chi connectivity index (χ4v) is 2.71. The lowest BCUT2D eigenvalue weighted by Gasteiger charge is -2.20. The molecule has 2 unspecified atom stereocenters. The van der Waals surface area contributed by atoms with Gasteiger partial charge >= 0.3 is 0 Å². The molecule has 0 radical (unpaired) electrons. The largest absolute Gasteiger partial charge is 0.396 e. The molecule has 0 fully saturated rings. The Morgan fingerprint density at radius 1 is 0.923 bits per heavy atom. The van der Waals surface area contributed by atoms with Crippen LogP contribution < -0.4 is 0 Å². The molecule has 0 aromatic carbocycles. The van der Waals surface area contributed by atoms with Gasteiger partial charge < -0.3 is 10.2 Å². The summed E-state index contributed by atoms with van der Waals surface area (Å²) in [6.45, 7) is 4.86. The number of thioether (sulfide) groups is 1. The molecule has 0 aliphatic rings. The highest BCUT2D eigenvalue weighted by molar-refractivity contribution is 8.00. The second kappa shape index (κ2) is 8.85. The van der Waals surface area contributed by atoms with Crippen LogP contribution in [0.25, 0.3) is 0 Å². The molecule has 13 heavy (non-hydrogen) atoms. The predicted octanol–water partition coefficient (Wildman–Crippen LogP) is 2.04. The number of aliphatic hydroxyl groups is 2. The first-order valence-electron chi connectivity index (χ1n) is 5.15. The Kier molecular flexibility index (Phi) is 9.03. The highest BCUT2D eigenvalue weighted by atomic mass is 32.2. The van der Waals surface area contributed by atoms with E-state index in [1.807, 2.05) is 11.8 Å². The Hall–Kier alpha value is 0.270. The molecular formula is C10H22O2S. The lowest BCUT2D eigenvalue weighted by molar-refractivity contribution is 0.283.